The number of fused-ring (bicyclic) bond motifs is 1. The summed E-state index contributed by atoms with van der Waals surface area (Å²) in [5.74, 6) is -1.68. The van der Waals surface area contributed by atoms with E-state index < -0.39 is 18.5 Å². The fourth-order valence-electron chi connectivity index (χ4n) is 2.05. The van der Waals surface area contributed by atoms with Crippen LogP contribution in [0.4, 0.5) is 0 Å². The molecule has 2 amide bonds. The van der Waals surface area contributed by atoms with Gasteiger partial charge in [-0.25, -0.2) is 14.3 Å². The summed E-state index contributed by atoms with van der Waals surface area (Å²) in [7, 11) is 0. The lowest BCUT2D eigenvalue weighted by molar-refractivity contribution is -0.128. The maximum atomic E-state index is 12.0. The second-order valence-corrected chi connectivity index (χ2v) is 5.76. The Kier molecular flexibility index (Phi) is 5.63. The summed E-state index contributed by atoms with van der Waals surface area (Å²) in [6.45, 7) is 6.50. The number of ether oxygens (including phenoxy) is 1. The average molecular weight is 348 g/mol. The van der Waals surface area contributed by atoms with E-state index in [1.54, 1.807) is 33.8 Å². The molecule has 0 atom stereocenters. The fraction of sp³-hybridized carbons (Fsp3) is 0.467. The van der Waals surface area contributed by atoms with Crippen molar-refractivity contribution in [3.05, 3.63) is 23.3 Å². The molecule has 0 saturated carbocycles. The molecule has 0 unspecified atom stereocenters. The van der Waals surface area contributed by atoms with Crippen LogP contribution in [0.5, 0.6) is 0 Å². The lowest BCUT2D eigenvalue weighted by atomic mass is 10.4. The van der Waals surface area contributed by atoms with Crippen LogP contribution in [0.15, 0.2) is 6.07 Å². The van der Waals surface area contributed by atoms with Gasteiger partial charge in [0, 0.05) is 17.4 Å². The number of nitrogens with one attached hydrogen (secondary N) is 2. The maximum absolute atomic E-state index is 12.0. The Labute approximate surface area is 144 Å². The van der Waals surface area contributed by atoms with Crippen molar-refractivity contribution in [1.29, 1.82) is 0 Å². The topological polar surface area (TPSA) is 128 Å². The fourth-order valence-corrected chi connectivity index (χ4v) is 2.05. The summed E-state index contributed by atoms with van der Waals surface area (Å²) in [4.78, 5) is 43.1. The van der Waals surface area contributed by atoms with Crippen molar-refractivity contribution in [2.24, 2.45) is 0 Å². The second-order valence-electron chi connectivity index (χ2n) is 5.76. The zero-order valence-corrected chi connectivity index (χ0v) is 14.5. The summed E-state index contributed by atoms with van der Waals surface area (Å²) in [5, 5.41) is 8.98. The molecule has 10 nitrogen and oxygen atoms in total. The standard InChI is InChI=1S/C15H20N6O4/c1-8(2)17-11(22)6-16-12(23)7-25-14(24)13-19-15-18-9(3)5-10(4)21(15)20-13/h5,8H,6-7H2,1-4H3,(H,16,23)(H,17,22). The van der Waals surface area contributed by atoms with Crippen molar-refractivity contribution in [3.8, 4) is 0 Å². The number of amides is 2. The van der Waals surface area contributed by atoms with E-state index in [1.807, 2.05) is 0 Å². The summed E-state index contributed by atoms with van der Waals surface area (Å²) in [5.41, 5.74) is 1.51. The first-order chi connectivity index (χ1) is 11.8. The van der Waals surface area contributed by atoms with Gasteiger partial charge in [-0.15, -0.1) is 5.10 Å². The monoisotopic (exact) mass is 348 g/mol. The van der Waals surface area contributed by atoms with Gasteiger partial charge in [0.2, 0.25) is 5.91 Å². The molecule has 0 aliphatic heterocycles. The molecule has 0 aliphatic rings. The Morgan fingerprint density at radius 3 is 2.60 bits per heavy atom. The Morgan fingerprint density at radius 1 is 1.20 bits per heavy atom. The zero-order chi connectivity index (χ0) is 18.6. The summed E-state index contributed by atoms with van der Waals surface area (Å²) in [6, 6.07) is 1.77. The van der Waals surface area contributed by atoms with E-state index in [1.165, 1.54) is 4.52 Å². The van der Waals surface area contributed by atoms with E-state index >= 15 is 0 Å². The molecule has 0 radical (unpaired) electrons. The minimum absolute atomic E-state index is 0.0240. The van der Waals surface area contributed by atoms with Gasteiger partial charge in [0.05, 0.1) is 6.54 Å². The van der Waals surface area contributed by atoms with Crippen LogP contribution in [-0.4, -0.2) is 56.6 Å². The molecule has 2 aromatic rings. The summed E-state index contributed by atoms with van der Waals surface area (Å²) < 4.78 is 6.27. The first-order valence-corrected chi connectivity index (χ1v) is 7.70. The van der Waals surface area contributed by atoms with Crippen molar-refractivity contribution in [2.75, 3.05) is 13.2 Å². The van der Waals surface area contributed by atoms with Crippen molar-refractivity contribution >= 4 is 23.6 Å². The van der Waals surface area contributed by atoms with Crippen LogP contribution in [0, 0.1) is 13.8 Å². The van der Waals surface area contributed by atoms with E-state index in [0.717, 1.165) is 11.4 Å². The number of aryl methyl sites for hydroxylation is 2. The van der Waals surface area contributed by atoms with Crippen LogP contribution in [0.1, 0.15) is 35.9 Å². The van der Waals surface area contributed by atoms with Crippen LogP contribution in [0.3, 0.4) is 0 Å². The number of nitrogens with zero attached hydrogens (tertiary/aromatic N) is 4. The molecule has 2 aromatic heterocycles. The molecule has 2 rings (SSSR count). The van der Waals surface area contributed by atoms with Crippen molar-refractivity contribution in [3.63, 3.8) is 0 Å². The average Bonchev–Trinajstić information content (AvgIpc) is 2.94. The molecule has 25 heavy (non-hydrogen) atoms. The molecule has 0 bridgehead atoms. The lowest BCUT2D eigenvalue weighted by Gasteiger charge is -2.09. The summed E-state index contributed by atoms with van der Waals surface area (Å²) in [6.07, 6.45) is 0. The lowest BCUT2D eigenvalue weighted by Crippen LogP contribution is -2.41. The Bertz CT molecular complexity index is 814. The molecule has 0 spiro atoms. The van der Waals surface area contributed by atoms with E-state index in [0.29, 0.717) is 0 Å². The van der Waals surface area contributed by atoms with Gasteiger partial charge in [0.25, 0.3) is 17.5 Å². The van der Waals surface area contributed by atoms with Gasteiger partial charge in [-0.05, 0) is 33.8 Å². The molecular weight excluding hydrogens is 328 g/mol. The molecule has 0 saturated heterocycles. The third-order valence-electron chi connectivity index (χ3n) is 3.03. The Morgan fingerprint density at radius 2 is 1.92 bits per heavy atom. The van der Waals surface area contributed by atoms with Gasteiger partial charge in [-0.2, -0.15) is 4.98 Å². The number of hydrogen-bond donors (Lipinski definition) is 2. The van der Waals surface area contributed by atoms with E-state index in [-0.39, 0.29) is 30.1 Å². The molecule has 0 aromatic carbocycles. The highest BCUT2D eigenvalue weighted by Crippen LogP contribution is 2.06. The van der Waals surface area contributed by atoms with Gasteiger partial charge >= 0.3 is 5.97 Å². The number of rotatable bonds is 6. The third-order valence-corrected chi connectivity index (χ3v) is 3.03. The number of esters is 1. The molecule has 10 heteroatoms. The molecule has 2 N–H and O–H groups in total. The molecule has 2 heterocycles. The minimum atomic E-state index is -0.843. The van der Waals surface area contributed by atoms with Crippen LogP contribution < -0.4 is 10.6 Å². The summed E-state index contributed by atoms with van der Waals surface area (Å²) >= 11 is 0. The van der Waals surface area contributed by atoms with E-state index in [2.05, 4.69) is 25.7 Å². The van der Waals surface area contributed by atoms with Crippen LogP contribution in [0.25, 0.3) is 5.78 Å². The smallest absolute Gasteiger partial charge is 0.378 e. The highest BCUT2D eigenvalue weighted by Gasteiger charge is 2.18. The van der Waals surface area contributed by atoms with Crippen LogP contribution >= 0.6 is 0 Å². The minimum Gasteiger partial charge on any atom is -0.450 e. The van der Waals surface area contributed by atoms with Crippen molar-refractivity contribution in [2.45, 2.75) is 33.7 Å². The molecular formula is C15H20N6O4. The Hall–Kier alpha value is -3.04. The van der Waals surface area contributed by atoms with Gasteiger partial charge < -0.3 is 15.4 Å². The normalized spacial score (nSPS) is 10.8. The van der Waals surface area contributed by atoms with Gasteiger partial charge in [0.1, 0.15) is 0 Å². The number of hydrogen-bond acceptors (Lipinski definition) is 7. The SMILES string of the molecule is Cc1cc(C)n2nc(C(=O)OCC(=O)NCC(=O)NC(C)C)nc2n1. The number of aromatic nitrogens is 4. The van der Waals surface area contributed by atoms with Crippen molar-refractivity contribution < 1.29 is 19.1 Å². The maximum Gasteiger partial charge on any atom is 0.378 e. The first-order valence-electron chi connectivity index (χ1n) is 7.70. The van der Waals surface area contributed by atoms with Crippen LogP contribution in [0.2, 0.25) is 0 Å². The first kappa shape index (κ1) is 18.3. The number of carbonyl (C=O) groups excluding carboxylic acids is 3. The van der Waals surface area contributed by atoms with E-state index in [4.69, 9.17) is 4.74 Å². The van der Waals surface area contributed by atoms with Gasteiger partial charge in [0.15, 0.2) is 6.61 Å². The molecule has 0 aliphatic carbocycles. The van der Waals surface area contributed by atoms with E-state index in [9.17, 15) is 14.4 Å². The molecule has 0 fully saturated rings. The highest BCUT2D eigenvalue weighted by atomic mass is 16.5. The molecule has 134 valence electrons. The number of carbonyl (C=O) groups is 3. The predicted molar refractivity (Wildman–Crippen MR) is 86.8 cm³/mol. The highest BCUT2D eigenvalue weighted by molar-refractivity contribution is 5.89. The predicted octanol–water partition coefficient (Wildman–Crippen LogP) is -0.461. The largest absolute Gasteiger partial charge is 0.450 e. The van der Waals surface area contributed by atoms with Gasteiger partial charge in [-0.3, -0.25) is 9.59 Å². The zero-order valence-electron chi connectivity index (χ0n) is 14.5. The third kappa shape index (κ3) is 4.96. The van der Waals surface area contributed by atoms with Gasteiger partial charge in [-0.1, -0.05) is 0 Å². The second kappa shape index (κ2) is 7.69. The Balaban J connectivity index is 1.89. The van der Waals surface area contributed by atoms with Crippen molar-refractivity contribution in [1.82, 2.24) is 30.2 Å². The quantitative estimate of drug-likeness (QED) is 0.676. The van der Waals surface area contributed by atoms with Crippen LogP contribution in [-0.2, 0) is 14.3 Å².